The Balaban J connectivity index is 3.02. The Morgan fingerprint density at radius 3 is 2.82 bits per heavy atom. The molecule has 1 aromatic heterocycles. The van der Waals surface area contributed by atoms with E-state index in [1.54, 1.807) is 11.8 Å². The van der Waals surface area contributed by atoms with E-state index in [0.717, 1.165) is 17.3 Å². The number of aryl methyl sites for hydroxylation is 2. The lowest BCUT2D eigenvalue weighted by Gasteiger charge is -2.01. The van der Waals surface area contributed by atoms with Crippen LogP contribution in [-0.4, -0.2) is 16.2 Å². The summed E-state index contributed by atoms with van der Waals surface area (Å²) in [6, 6.07) is 0. The maximum Gasteiger partial charge on any atom is 0.187 e. The smallest absolute Gasteiger partial charge is 0.187 e. The van der Waals surface area contributed by atoms with Gasteiger partial charge in [0.1, 0.15) is 0 Å². The van der Waals surface area contributed by atoms with Crippen LogP contribution in [0.15, 0.2) is 11.4 Å². The maximum atomic E-state index is 4.36. The highest BCUT2D eigenvalue weighted by atomic mass is 32.2. The number of rotatable bonds is 2. The van der Waals surface area contributed by atoms with Crippen LogP contribution in [0.1, 0.15) is 18.2 Å². The highest BCUT2D eigenvalue weighted by molar-refractivity contribution is 7.98. The van der Waals surface area contributed by atoms with Crippen LogP contribution in [-0.2, 0) is 6.42 Å². The summed E-state index contributed by atoms with van der Waals surface area (Å²) in [5.41, 5.74) is 2.34. The van der Waals surface area contributed by atoms with E-state index >= 15 is 0 Å². The minimum absolute atomic E-state index is 0.868. The molecule has 0 radical (unpaired) electrons. The van der Waals surface area contributed by atoms with E-state index in [1.807, 2.05) is 19.4 Å². The quantitative estimate of drug-likeness (QED) is 0.499. The van der Waals surface area contributed by atoms with Crippen molar-refractivity contribution >= 4 is 11.8 Å². The van der Waals surface area contributed by atoms with Crippen LogP contribution in [0.2, 0.25) is 0 Å². The van der Waals surface area contributed by atoms with Gasteiger partial charge in [0, 0.05) is 11.9 Å². The molecule has 0 aliphatic rings. The SMILES string of the molecule is CCc1nc(SC)ncc1C. The zero-order valence-corrected chi connectivity index (χ0v) is 7.90. The van der Waals surface area contributed by atoms with Gasteiger partial charge in [0.05, 0.1) is 0 Å². The summed E-state index contributed by atoms with van der Waals surface area (Å²) in [4.78, 5) is 8.52. The first-order valence-electron chi connectivity index (χ1n) is 3.64. The first-order valence-corrected chi connectivity index (χ1v) is 4.87. The molecular weight excluding hydrogens is 156 g/mol. The summed E-state index contributed by atoms with van der Waals surface area (Å²) in [6.45, 7) is 4.16. The molecule has 0 unspecified atom stereocenters. The van der Waals surface area contributed by atoms with Gasteiger partial charge in [0.15, 0.2) is 5.16 Å². The molecule has 2 nitrogen and oxygen atoms in total. The summed E-state index contributed by atoms with van der Waals surface area (Å²) in [5.74, 6) is 0. The Labute approximate surface area is 71.5 Å². The van der Waals surface area contributed by atoms with Gasteiger partial charge in [-0.1, -0.05) is 18.7 Å². The van der Waals surface area contributed by atoms with Crippen molar-refractivity contribution < 1.29 is 0 Å². The zero-order chi connectivity index (χ0) is 8.27. The van der Waals surface area contributed by atoms with E-state index in [1.165, 1.54) is 5.56 Å². The van der Waals surface area contributed by atoms with E-state index in [0.29, 0.717) is 0 Å². The summed E-state index contributed by atoms with van der Waals surface area (Å²) in [6.07, 6.45) is 4.86. The van der Waals surface area contributed by atoms with Crippen molar-refractivity contribution in [3.05, 3.63) is 17.5 Å². The lowest BCUT2D eigenvalue weighted by Crippen LogP contribution is -1.95. The molecular formula is C8H12N2S. The van der Waals surface area contributed by atoms with Crippen LogP contribution in [0, 0.1) is 6.92 Å². The molecule has 0 bridgehead atoms. The predicted molar refractivity (Wildman–Crippen MR) is 47.9 cm³/mol. The highest BCUT2D eigenvalue weighted by Gasteiger charge is 1.99. The third-order valence-electron chi connectivity index (χ3n) is 1.57. The average Bonchev–Trinajstić information content (AvgIpc) is 2.05. The van der Waals surface area contributed by atoms with Crippen molar-refractivity contribution in [2.75, 3.05) is 6.26 Å². The Bertz CT molecular complexity index is 248. The minimum atomic E-state index is 0.868. The summed E-state index contributed by atoms with van der Waals surface area (Å²) >= 11 is 1.58. The van der Waals surface area contributed by atoms with Gasteiger partial charge in [-0.05, 0) is 25.2 Å². The summed E-state index contributed by atoms with van der Waals surface area (Å²) in [7, 11) is 0. The van der Waals surface area contributed by atoms with E-state index in [2.05, 4.69) is 16.9 Å². The van der Waals surface area contributed by atoms with E-state index < -0.39 is 0 Å². The number of hydrogen-bond acceptors (Lipinski definition) is 3. The second kappa shape index (κ2) is 3.72. The molecule has 1 aromatic rings. The molecule has 0 N–H and O–H groups in total. The van der Waals surface area contributed by atoms with Crippen molar-refractivity contribution in [3.63, 3.8) is 0 Å². The maximum absolute atomic E-state index is 4.36. The van der Waals surface area contributed by atoms with Crippen molar-refractivity contribution in [2.45, 2.75) is 25.4 Å². The fraction of sp³-hybridized carbons (Fsp3) is 0.500. The van der Waals surface area contributed by atoms with Crippen LogP contribution in [0.3, 0.4) is 0 Å². The van der Waals surface area contributed by atoms with Crippen LogP contribution in [0.4, 0.5) is 0 Å². The number of thioether (sulfide) groups is 1. The lowest BCUT2D eigenvalue weighted by molar-refractivity contribution is 0.872. The van der Waals surface area contributed by atoms with E-state index in [4.69, 9.17) is 0 Å². The molecule has 1 rings (SSSR count). The second-order valence-corrected chi connectivity index (χ2v) is 3.11. The highest BCUT2D eigenvalue weighted by Crippen LogP contribution is 2.11. The molecule has 0 aromatic carbocycles. The third-order valence-corrected chi connectivity index (χ3v) is 2.13. The van der Waals surface area contributed by atoms with Gasteiger partial charge in [-0.3, -0.25) is 0 Å². The summed E-state index contributed by atoms with van der Waals surface area (Å²) in [5, 5.41) is 0.868. The fourth-order valence-corrected chi connectivity index (χ4v) is 1.27. The van der Waals surface area contributed by atoms with Crippen molar-refractivity contribution in [3.8, 4) is 0 Å². The Morgan fingerprint density at radius 2 is 2.27 bits per heavy atom. The molecule has 0 atom stereocenters. The predicted octanol–water partition coefficient (Wildman–Crippen LogP) is 2.07. The first kappa shape index (κ1) is 8.53. The monoisotopic (exact) mass is 168 g/mol. The number of nitrogens with zero attached hydrogens (tertiary/aromatic N) is 2. The van der Waals surface area contributed by atoms with Crippen LogP contribution in [0.5, 0.6) is 0 Å². The van der Waals surface area contributed by atoms with Gasteiger partial charge in [-0.2, -0.15) is 0 Å². The number of hydrogen-bond donors (Lipinski definition) is 0. The molecule has 0 fully saturated rings. The Morgan fingerprint density at radius 1 is 1.55 bits per heavy atom. The Hall–Kier alpha value is -0.570. The minimum Gasteiger partial charge on any atom is -0.231 e. The normalized spacial score (nSPS) is 10.1. The second-order valence-electron chi connectivity index (χ2n) is 2.34. The number of aromatic nitrogens is 2. The molecule has 3 heteroatoms. The molecule has 0 aliphatic carbocycles. The fourth-order valence-electron chi connectivity index (χ4n) is 0.915. The van der Waals surface area contributed by atoms with Gasteiger partial charge >= 0.3 is 0 Å². The summed E-state index contributed by atoms with van der Waals surface area (Å²) < 4.78 is 0. The zero-order valence-electron chi connectivity index (χ0n) is 7.09. The largest absolute Gasteiger partial charge is 0.231 e. The van der Waals surface area contributed by atoms with Crippen LogP contribution in [0.25, 0.3) is 0 Å². The standard InChI is InChI=1S/C8H12N2S/c1-4-7-6(2)5-9-8(10-7)11-3/h5H,4H2,1-3H3. The molecule has 11 heavy (non-hydrogen) atoms. The topological polar surface area (TPSA) is 25.8 Å². The van der Waals surface area contributed by atoms with Crippen molar-refractivity contribution in [2.24, 2.45) is 0 Å². The average molecular weight is 168 g/mol. The van der Waals surface area contributed by atoms with Crippen LogP contribution >= 0.6 is 11.8 Å². The third kappa shape index (κ3) is 1.93. The molecule has 0 aliphatic heterocycles. The van der Waals surface area contributed by atoms with E-state index in [9.17, 15) is 0 Å². The Kier molecular flexibility index (Phi) is 2.88. The molecule has 0 saturated carbocycles. The van der Waals surface area contributed by atoms with Gasteiger partial charge in [0.25, 0.3) is 0 Å². The lowest BCUT2D eigenvalue weighted by atomic mass is 10.2. The van der Waals surface area contributed by atoms with Crippen molar-refractivity contribution in [1.29, 1.82) is 0 Å². The molecule has 0 amide bonds. The molecule has 60 valence electrons. The van der Waals surface area contributed by atoms with E-state index in [-0.39, 0.29) is 0 Å². The van der Waals surface area contributed by atoms with Gasteiger partial charge in [0.2, 0.25) is 0 Å². The molecule has 0 saturated heterocycles. The van der Waals surface area contributed by atoms with Gasteiger partial charge in [-0.25, -0.2) is 9.97 Å². The molecule has 1 heterocycles. The van der Waals surface area contributed by atoms with Gasteiger partial charge < -0.3 is 0 Å². The van der Waals surface area contributed by atoms with Crippen LogP contribution < -0.4 is 0 Å². The molecule has 0 spiro atoms. The van der Waals surface area contributed by atoms with Crippen molar-refractivity contribution in [1.82, 2.24) is 9.97 Å². The first-order chi connectivity index (χ1) is 5.27. The van der Waals surface area contributed by atoms with Gasteiger partial charge in [-0.15, -0.1) is 0 Å².